The molecule has 6 nitrogen and oxygen atoms in total. The van der Waals surface area contributed by atoms with Crippen LogP contribution in [-0.4, -0.2) is 66.3 Å². The summed E-state index contributed by atoms with van der Waals surface area (Å²) in [5.74, 6) is 0.515. The Morgan fingerprint density at radius 3 is 2.54 bits per heavy atom. The van der Waals surface area contributed by atoms with E-state index in [1.54, 1.807) is 4.90 Å². The molecular weight excluding hydrogens is 356 g/mol. The normalized spacial score (nSPS) is 30.6. The topological polar surface area (TPSA) is 59.1 Å². The van der Waals surface area contributed by atoms with Crippen LogP contribution in [0.15, 0.2) is 24.3 Å². The van der Waals surface area contributed by atoms with Gasteiger partial charge in [-0.05, 0) is 50.7 Å². The first-order chi connectivity index (χ1) is 13.5. The van der Waals surface area contributed by atoms with Crippen LogP contribution < -0.4 is 0 Å². The van der Waals surface area contributed by atoms with Crippen molar-refractivity contribution in [3.05, 3.63) is 35.4 Å². The molecule has 2 amide bonds. The summed E-state index contributed by atoms with van der Waals surface area (Å²) in [5.41, 5.74) is 1.01. The van der Waals surface area contributed by atoms with Crippen LogP contribution in [0.3, 0.4) is 0 Å². The summed E-state index contributed by atoms with van der Waals surface area (Å²) in [4.78, 5) is 30.5. The van der Waals surface area contributed by atoms with Crippen molar-refractivity contribution in [3.8, 4) is 0 Å². The summed E-state index contributed by atoms with van der Waals surface area (Å²) in [7, 11) is 0. The molecule has 1 atom stereocenters. The summed E-state index contributed by atoms with van der Waals surface area (Å²) in [6.45, 7) is 6.75. The lowest BCUT2D eigenvalue weighted by atomic mass is 9.83. The number of rotatable bonds is 2. The molecule has 1 aliphatic carbocycles. The van der Waals surface area contributed by atoms with E-state index in [0.717, 1.165) is 31.2 Å². The van der Waals surface area contributed by atoms with Gasteiger partial charge in [0, 0.05) is 18.7 Å². The molecule has 1 aromatic carbocycles. The molecule has 2 saturated heterocycles. The Hall–Kier alpha value is -1.92. The molecule has 0 bridgehead atoms. The molecule has 1 unspecified atom stereocenters. The van der Waals surface area contributed by atoms with E-state index in [-0.39, 0.29) is 18.4 Å². The van der Waals surface area contributed by atoms with Crippen molar-refractivity contribution in [1.82, 2.24) is 9.80 Å². The average Bonchev–Trinajstić information content (AvgIpc) is 3.08. The molecule has 4 rings (SSSR count). The van der Waals surface area contributed by atoms with E-state index in [0.29, 0.717) is 37.8 Å². The summed E-state index contributed by atoms with van der Waals surface area (Å²) in [5, 5.41) is 0. The third-order valence-electron chi connectivity index (χ3n) is 6.41. The van der Waals surface area contributed by atoms with Crippen molar-refractivity contribution in [1.29, 1.82) is 0 Å². The lowest BCUT2D eigenvalue weighted by molar-refractivity contribution is -0.141. The maximum atomic E-state index is 13.6. The molecule has 2 aliphatic heterocycles. The van der Waals surface area contributed by atoms with Gasteiger partial charge in [0.25, 0.3) is 5.91 Å². The van der Waals surface area contributed by atoms with Crippen molar-refractivity contribution < 1.29 is 19.1 Å². The Labute approximate surface area is 166 Å². The lowest BCUT2D eigenvalue weighted by Crippen LogP contribution is -2.58. The molecule has 0 N–H and O–H groups in total. The zero-order valence-corrected chi connectivity index (χ0v) is 16.9. The first kappa shape index (κ1) is 19.4. The number of aryl methyl sites for hydroxylation is 1. The highest BCUT2D eigenvalue weighted by molar-refractivity contribution is 5.98. The summed E-state index contributed by atoms with van der Waals surface area (Å²) in [6, 6.07) is 7.05. The monoisotopic (exact) mass is 386 g/mol. The van der Waals surface area contributed by atoms with Gasteiger partial charge in [0.2, 0.25) is 5.91 Å². The molecule has 2 heterocycles. The largest absolute Gasteiger partial charge is 0.378 e. The highest BCUT2D eigenvalue weighted by Gasteiger charge is 2.54. The fraction of sp³-hybridized carbons (Fsp3) is 0.636. The number of morpholine rings is 1. The highest BCUT2D eigenvalue weighted by atomic mass is 16.5. The number of carbonyl (C=O) groups excluding carboxylic acids is 2. The fourth-order valence-electron chi connectivity index (χ4n) is 4.68. The van der Waals surface area contributed by atoms with E-state index < -0.39 is 11.8 Å². The van der Waals surface area contributed by atoms with Crippen molar-refractivity contribution in [2.75, 3.05) is 32.9 Å². The molecule has 152 valence electrons. The van der Waals surface area contributed by atoms with Crippen LogP contribution in [0.4, 0.5) is 0 Å². The number of nitrogens with zero attached hydrogens (tertiary/aromatic N) is 2. The second-order valence-electron chi connectivity index (χ2n) is 8.44. The Morgan fingerprint density at radius 1 is 1.14 bits per heavy atom. The smallest absolute Gasteiger partial charge is 0.256 e. The van der Waals surface area contributed by atoms with Gasteiger partial charge in [0.1, 0.15) is 11.8 Å². The Kier molecular flexibility index (Phi) is 5.43. The second kappa shape index (κ2) is 7.84. The fourth-order valence-corrected chi connectivity index (χ4v) is 4.68. The number of amides is 2. The Morgan fingerprint density at radius 2 is 1.86 bits per heavy atom. The van der Waals surface area contributed by atoms with E-state index >= 15 is 0 Å². The van der Waals surface area contributed by atoms with Crippen molar-refractivity contribution in [2.45, 2.75) is 51.3 Å². The molecule has 1 aromatic rings. The van der Waals surface area contributed by atoms with Gasteiger partial charge in [0.05, 0.1) is 19.8 Å². The van der Waals surface area contributed by atoms with E-state index in [9.17, 15) is 9.59 Å². The summed E-state index contributed by atoms with van der Waals surface area (Å²) in [6.07, 6.45) is 3.60. The van der Waals surface area contributed by atoms with E-state index in [2.05, 4.69) is 6.92 Å². The zero-order chi connectivity index (χ0) is 19.7. The van der Waals surface area contributed by atoms with Gasteiger partial charge in [-0.15, -0.1) is 0 Å². The number of hydrogen-bond acceptors (Lipinski definition) is 4. The number of ether oxygens (including phenoxy) is 2. The van der Waals surface area contributed by atoms with Gasteiger partial charge in [-0.1, -0.05) is 24.6 Å². The molecule has 28 heavy (non-hydrogen) atoms. The van der Waals surface area contributed by atoms with Crippen LogP contribution in [0.5, 0.6) is 0 Å². The third-order valence-corrected chi connectivity index (χ3v) is 6.41. The zero-order valence-electron chi connectivity index (χ0n) is 16.9. The molecule has 3 fully saturated rings. The van der Waals surface area contributed by atoms with Crippen molar-refractivity contribution in [2.24, 2.45) is 5.92 Å². The van der Waals surface area contributed by atoms with Crippen LogP contribution in [0.2, 0.25) is 0 Å². The number of benzene rings is 1. The van der Waals surface area contributed by atoms with Gasteiger partial charge < -0.3 is 14.4 Å². The maximum Gasteiger partial charge on any atom is 0.256 e. The number of hydrogen-bond donors (Lipinski definition) is 0. The molecule has 1 spiro atoms. The maximum absolute atomic E-state index is 13.6. The van der Waals surface area contributed by atoms with Crippen LogP contribution in [0.25, 0.3) is 0 Å². The highest BCUT2D eigenvalue weighted by Crippen LogP contribution is 2.43. The van der Waals surface area contributed by atoms with Crippen LogP contribution in [0, 0.1) is 12.8 Å². The summed E-state index contributed by atoms with van der Waals surface area (Å²) >= 11 is 0. The average molecular weight is 386 g/mol. The van der Waals surface area contributed by atoms with E-state index in [1.807, 2.05) is 36.1 Å². The molecule has 1 saturated carbocycles. The third kappa shape index (κ3) is 3.55. The number of carbonyl (C=O) groups is 2. The van der Waals surface area contributed by atoms with Crippen LogP contribution in [-0.2, 0) is 14.3 Å². The molecule has 0 aromatic heterocycles. The predicted molar refractivity (Wildman–Crippen MR) is 105 cm³/mol. The van der Waals surface area contributed by atoms with Crippen molar-refractivity contribution >= 4 is 11.8 Å². The first-order valence-corrected chi connectivity index (χ1v) is 10.4. The van der Waals surface area contributed by atoms with E-state index in [1.165, 1.54) is 0 Å². The van der Waals surface area contributed by atoms with E-state index in [4.69, 9.17) is 9.47 Å². The van der Waals surface area contributed by atoms with Gasteiger partial charge >= 0.3 is 0 Å². The van der Waals surface area contributed by atoms with Crippen LogP contribution in [0.1, 0.15) is 48.5 Å². The predicted octanol–water partition coefficient (Wildman–Crippen LogP) is 2.60. The Bertz CT molecular complexity index is 736. The Balaban J connectivity index is 1.65. The molecular formula is C22H30N2O4. The van der Waals surface area contributed by atoms with Gasteiger partial charge in [0.15, 0.2) is 0 Å². The standard InChI is InChI=1S/C22H30N2O4/c1-16-6-8-22(9-7-16)24(20(25)18-5-3-4-17(2)14-18)19(15-28-22)21(26)23-10-12-27-13-11-23/h3-5,14,16,19H,6-13,15H2,1-2H3. The molecule has 3 aliphatic rings. The minimum atomic E-state index is -0.653. The van der Waals surface area contributed by atoms with Crippen LogP contribution >= 0.6 is 0 Å². The lowest BCUT2D eigenvalue weighted by Gasteiger charge is -2.43. The SMILES string of the molecule is Cc1cccc(C(=O)N2C(C(=O)N3CCOCC3)COC23CCC(C)CC3)c1. The van der Waals surface area contributed by atoms with Gasteiger partial charge in [-0.3, -0.25) is 14.5 Å². The van der Waals surface area contributed by atoms with Gasteiger partial charge in [-0.2, -0.15) is 0 Å². The van der Waals surface area contributed by atoms with Crippen molar-refractivity contribution in [3.63, 3.8) is 0 Å². The first-order valence-electron chi connectivity index (χ1n) is 10.4. The summed E-state index contributed by atoms with van der Waals surface area (Å²) < 4.78 is 11.7. The minimum absolute atomic E-state index is 0.0141. The quantitative estimate of drug-likeness (QED) is 0.784. The second-order valence-corrected chi connectivity index (χ2v) is 8.44. The molecule has 6 heteroatoms. The molecule has 0 radical (unpaired) electrons. The van der Waals surface area contributed by atoms with Gasteiger partial charge in [-0.25, -0.2) is 0 Å². The minimum Gasteiger partial charge on any atom is -0.378 e.